The Hall–Kier alpha value is -1.89. The van der Waals surface area contributed by atoms with E-state index < -0.39 is 0 Å². The number of piperazine rings is 1. The van der Waals surface area contributed by atoms with Gasteiger partial charge in [-0.15, -0.1) is 0 Å². The van der Waals surface area contributed by atoms with E-state index in [4.69, 9.17) is 16.6 Å². The highest BCUT2D eigenvalue weighted by atomic mass is 35.5. The second kappa shape index (κ2) is 11.7. The van der Waals surface area contributed by atoms with Crippen molar-refractivity contribution in [1.29, 1.82) is 0 Å². The van der Waals surface area contributed by atoms with Gasteiger partial charge in [-0.2, -0.15) is 0 Å². The zero-order chi connectivity index (χ0) is 24.1. The number of anilines is 2. The van der Waals surface area contributed by atoms with Crippen LogP contribution < -0.4 is 9.80 Å². The van der Waals surface area contributed by atoms with Gasteiger partial charge in [0.1, 0.15) is 11.0 Å². The Balaban J connectivity index is 1.40. The molecule has 0 radical (unpaired) electrons. The summed E-state index contributed by atoms with van der Waals surface area (Å²) in [5.41, 5.74) is 3.40. The molecule has 0 spiro atoms. The van der Waals surface area contributed by atoms with Crippen LogP contribution in [0, 0.1) is 0 Å². The average molecular weight is 485 g/mol. The maximum Gasteiger partial charge on any atom is 0.163 e. The van der Waals surface area contributed by atoms with Gasteiger partial charge in [0, 0.05) is 62.1 Å². The van der Waals surface area contributed by atoms with Crippen LogP contribution in [0.2, 0.25) is 5.15 Å². The number of hydrogen-bond acceptors (Lipinski definition) is 6. The third-order valence-electron chi connectivity index (χ3n) is 7.26. The normalized spacial score (nSPS) is 16.7. The van der Waals surface area contributed by atoms with Gasteiger partial charge in [0.15, 0.2) is 5.82 Å². The van der Waals surface area contributed by atoms with E-state index in [0.29, 0.717) is 11.2 Å². The molecule has 34 heavy (non-hydrogen) atoms. The van der Waals surface area contributed by atoms with E-state index in [9.17, 15) is 0 Å². The van der Waals surface area contributed by atoms with Crippen LogP contribution in [0.15, 0.2) is 24.3 Å². The number of aromatic nitrogens is 2. The summed E-state index contributed by atoms with van der Waals surface area (Å²) in [6.45, 7) is 15.5. The first-order valence-corrected chi connectivity index (χ1v) is 13.4. The lowest BCUT2D eigenvalue weighted by Gasteiger charge is -2.38. The Bertz CT molecular complexity index is 923. The van der Waals surface area contributed by atoms with Gasteiger partial charge in [-0.05, 0) is 77.5 Å². The molecule has 3 heterocycles. The molecule has 0 atom stereocenters. The molecular formula is C27H41ClN6. The number of rotatable bonds is 10. The summed E-state index contributed by atoms with van der Waals surface area (Å²) in [5.74, 6) is 1.76. The van der Waals surface area contributed by atoms with Crippen LogP contribution in [0.1, 0.15) is 45.6 Å². The molecule has 186 valence electrons. The van der Waals surface area contributed by atoms with E-state index in [1.165, 1.54) is 25.1 Å². The fourth-order valence-electron chi connectivity index (χ4n) is 5.01. The monoisotopic (exact) mass is 484 g/mol. The van der Waals surface area contributed by atoms with Crippen molar-refractivity contribution >= 4 is 23.1 Å². The largest absolute Gasteiger partial charge is 0.369 e. The minimum Gasteiger partial charge on any atom is -0.369 e. The van der Waals surface area contributed by atoms with Gasteiger partial charge in [0.05, 0.1) is 0 Å². The summed E-state index contributed by atoms with van der Waals surface area (Å²) in [5, 5.41) is 0.608. The van der Waals surface area contributed by atoms with Gasteiger partial charge < -0.3 is 14.7 Å². The molecule has 0 bridgehead atoms. The van der Waals surface area contributed by atoms with Crippen molar-refractivity contribution in [2.45, 2.75) is 52.5 Å². The summed E-state index contributed by atoms with van der Waals surface area (Å²) in [4.78, 5) is 19.5. The summed E-state index contributed by atoms with van der Waals surface area (Å²) in [6, 6.07) is 9.31. The molecule has 7 heteroatoms. The van der Waals surface area contributed by atoms with Crippen LogP contribution >= 0.6 is 11.6 Å². The standard InChI is InChI=1S/C27H41ClN6/c1-5-6-13-31(4)14-7-15-34-16-12-24-25(28)29-26(30-27(24)34)22-8-10-23(11-9-22)33-19-17-32(18-20-33)21(2)3/h8-11,21H,5-7,12-20H2,1-4H3. The van der Waals surface area contributed by atoms with Crippen molar-refractivity contribution in [3.63, 3.8) is 0 Å². The molecular weight excluding hydrogens is 444 g/mol. The van der Waals surface area contributed by atoms with Crippen LogP contribution in [-0.2, 0) is 6.42 Å². The molecule has 0 amide bonds. The van der Waals surface area contributed by atoms with Crippen molar-refractivity contribution in [3.05, 3.63) is 35.0 Å². The van der Waals surface area contributed by atoms with Crippen molar-refractivity contribution in [2.24, 2.45) is 0 Å². The van der Waals surface area contributed by atoms with Gasteiger partial charge in [0.25, 0.3) is 0 Å². The Morgan fingerprint density at radius 1 is 0.971 bits per heavy atom. The van der Waals surface area contributed by atoms with Gasteiger partial charge >= 0.3 is 0 Å². The third-order valence-corrected chi connectivity index (χ3v) is 7.58. The van der Waals surface area contributed by atoms with Gasteiger partial charge in [-0.25, -0.2) is 9.97 Å². The van der Waals surface area contributed by atoms with E-state index in [1.54, 1.807) is 0 Å². The first-order valence-electron chi connectivity index (χ1n) is 13.1. The average Bonchev–Trinajstić information content (AvgIpc) is 3.26. The minimum atomic E-state index is 0.608. The van der Waals surface area contributed by atoms with Gasteiger partial charge in [-0.3, -0.25) is 4.90 Å². The fraction of sp³-hybridized carbons (Fsp3) is 0.630. The number of benzene rings is 1. The predicted octanol–water partition coefficient (Wildman–Crippen LogP) is 4.81. The highest BCUT2D eigenvalue weighted by Gasteiger charge is 2.25. The van der Waals surface area contributed by atoms with Crippen LogP contribution in [0.25, 0.3) is 11.4 Å². The highest BCUT2D eigenvalue weighted by Crippen LogP contribution is 2.33. The summed E-state index contributed by atoms with van der Waals surface area (Å²) in [6.07, 6.45) is 4.58. The first-order chi connectivity index (χ1) is 16.5. The Labute approximate surface area is 210 Å². The quantitative estimate of drug-likeness (QED) is 0.450. The summed E-state index contributed by atoms with van der Waals surface area (Å²) in [7, 11) is 2.22. The van der Waals surface area contributed by atoms with Crippen LogP contribution in [0.5, 0.6) is 0 Å². The van der Waals surface area contributed by atoms with E-state index >= 15 is 0 Å². The SMILES string of the molecule is CCCCN(C)CCCN1CCc2c(Cl)nc(-c3ccc(N4CCN(C(C)C)CC4)cc3)nc21. The van der Waals surface area contributed by atoms with E-state index in [2.05, 4.69) is 76.7 Å². The topological polar surface area (TPSA) is 38.7 Å². The highest BCUT2D eigenvalue weighted by molar-refractivity contribution is 6.30. The number of halogens is 1. The second-order valence-corrected chi connectivity index (χ2v) is 10.4. The molecule has 2 aliphatic heterocycles. The number of hydrogen-bond donors (Lipinski definition) is 0. The summed E-state index contributed by atoms with van der Waals surface area (Å²) >= 11 is 6.62. The minimum absolute atomic E-state index is 0.608. The van der Waals surface area contributed by atoms with Crippen molar-refractivity contribution in [3.8, 4) is 11.4 Å². The molecule has 6 nitrogen and oxygen atoms in total. The van der Waals surface area contributed by atoms with Crippen LogP contribution in [0.4, 0.5) is 11.5 Å². The van der Waals surface area contributed by atoms with Crippen molar-refractivity contribution in [2.75, 3.05) is 69.2 Å². The first kappa shape index (κ1) is 25.2. The molecule has 2 aliphatic rings. The third kappa shape index (κ3) is 6.02. The number of unbranched alkanes of at least 4 members (excludes halogenated alkanes) is 1. The molecule has 1 fully saturated rings. The molecule has 1 aromatic heterocycles. The molecule has 2 aromatic rings. The van der Waals surface area contributed by atoms with Gasteiger partial charge in [0.2, 0.25) is 0 Å². The molecule has 1 saturated heterocycles. The Morgan fingerprint density at radius 3 is 2.35 bits per heavy atom. The zero-order valence-electron chi connectivity index (χ0n) is 21.4. The summed E-state index contributed by atoms with van der Waals surface area (Å²) < 4.78 is 0. The molecule has 0 aliphatic carbocycles. The molecule has 1 aromatic carbocycles. The van der Waals surface area contributed by atoms with E-state index in [1.807, 2.05) is 0 Å². The lowest BCUT2D eigenvalue weighted by atomic mass is 10.1. The van der Waals surface area contributed by atoms with E-state index in [0.717, 1.165) is 81.4 Å². The zero-order valence-corrected chi connectivity index (χ0v) is 22.2. The lowest BCUT2D eigenvalue weighted by molar-refractivity contribution is 0.209. The van der Waals surface area contributed by atoms with Crippen molar-refractivity contribution < 1.29 is 0 Å². The van der Waals surface area contributed by atoms with Crippen LogP contribution in [-0.4, -0.2) is 85.2 Å². The maximum absolute atomic E-state index is 6.62. The molecule has 4 rings (SSSR count). The maximum atomic E-state index is 6.62. The fourth-order valence-corrected chi connectivity index (χ4v) is 5.27. The molecule has 0 saturated carbocycles. The van der Waals surface area contributed by atoms with Crippen molar-refractivity contribution in [1.82, 2.24) is 19.8 Å². The van der Waals surface area contributed by atoms with E-state index in [-0.39, 0.29) is 0 Å². The molecule has 0 unspecified atom stereocenters. The molecule has 0 N–H and O–H groups in total. The predicted molar refractivity (Wildman–Crippen MR) is 144 cm³/mol. The second-order valence-electron chi connectivity index (χ2n) is 10.1. The Morgan fingerprint density at radius 2 is 1.68 bits per heavy atom. The van der Waals surface area contributed by atoms with Gasteiger partial charge in [-0.1, -0.05) is 24.9 Å². The smallest absolute Gasteiger partial charge is 0.163 e. The lowest BCUT2D eigenvalue weighted by Crippen LogP contribution is -2.48. The number of fused-ring (bicyclic) bond motifs is 1. The van der Waals surface area contributed by atoms with Crippen LogP contribution in [0.3, 0.4) is 0 Å². The number of nitrogens with zero attached hydrogens (tertiary/aromatic N) is 6. The Kier molecular flexibility index (Phi) is 8.67.